The van der Waals surface area contributed by atoms with Gasteiger partial charge in [-0.1, -0.05) is 0 Å². The fourth-order valence-corrected chi connectivity index (χ4v) is 1.91. The molecule has 1 amide bonds. The Morgan fingerprint density at radius 3 is 2.57 bits per heavy atom. The van der Waals surface area contributed by atoms with Crippen molar-refractivity contribution in [3.8, 4) is 11.8 Å². The summed E-state index contributed by atoms with van der Waals surface area (Å²) in [5.41, 5.74) is 0.842. The number of nitrogens with zero attached hydrogens (tertiary/aromatic N) is 2. The lowest BCUT2D eigenvalue weighted by molar-refractivity contribution is -0.385. The van der Waals surface area contributed by atoms with Crippen molar-refractivity contribution in [3.63, 3.8) is 0 Å². The Labute approximate surface area is 132 Å². The van der Waals surface area contributed by atoms with Crippen LogP contribution in [0.2, 0.25) is 0 Å². The van der Waals surface area contributed by atoms with E-state index in [2.05, 4.69) is 5.32 Å². The molecule has 0 spiro atoms. The number of carbonyl (C=O) groups is 1. The maximum absolute atomic E-state index is 12.2. The van der Waals surface area contributed by atoms with Crippen molar-refractivity contribution in [2.24, 2.45) is 0 Å². The third-order valence-electron chi connectivity index (χ3n) is 2.99. The number of nitro groups is 1. The molecule has 0 heterocycles. The SMILES string of the molecule is CCOc1ccc(C(=O)Nc2ccc(C#N)cc2)cc1[N+](=O)[O-]. The van der Waals surface area contributed by atoms with E-state index >= 15 is 0 Å². The number of ether oxygens (including phenoxy) is 1. The molecule has 2 aromatic carbocycles. The second-order valence-electron chi connectivity index (χ2n) is 4.52. The van der Waals surface area contributed by atoms with Gasteiger partial charge in [-0.05, 0) is 43.3 Å². The van der Waals surface area contributed by atoms with Crippen LogP contribution in [0.1, 0.15) is 22.8 Å². The van der Waals surface area contributed by atoms with Crippen molar-refractivity contribution in [1.82, 2.24) is 0 Å². The lowest BCUT2D eigenvalue weighted by Crippen LogP contribution is -2.12. The quantitative estimate of drug-likeness (QED) is 0.674. The lowest BCUT2D eigenvalue weighted by Gasteiger charge is -2.08. The molecule has 0 saturated heterocycles. The van der Waals surface area contributed by atoms with Gasteiger partial charge in [0.25, 0.3) is 5.91 Å². The molecule has 0 unspecified atom stereocenters. The number of hydrogen-bond acceptors (Lipinski definition) is 5. The summed E-state index contributed by atoms with van der Waals surface area (Å²) in [6.07, 6.45) is 0. The van der Waals surface area contributed by atoms with Crippen LogP contribution in [-0.4, -0.2) is 17.4 Å². The van der Waals surface area contributed by atoms with Crippen LogP contribution in [0, 0.1) is 21.4 Å². The monoisotopic (exact) mass is 311 g/mol. The summed E-state index contributed by atoms with van der Waals surface area (Å²) in [6, 6.07) is 12.3. The van der Waals surface area contributed by atoms with Gasteiger partial charge >= 0.3 is 5.69 Å². The van der Waals surface area contributed by atoms with E-state index in [-0.39, 0.29) is 23.6 Å². The molecule has 0 aliphatic rings. The standard InChI is InChI=1S/C16H13N3O4/c1-2-23-15-8-5-12(9-14(15)19(21)22)16(20)18-13-6-3-11(10-17)4-7-13/h3-9H,2H2,1H3,(H,18,20). The normalized spacial score (nSPS) is 9.74. The molecule has 0 aliphatic carbocycles. The zero-order valence-corrected chi connectivity index (χ0v) is 12.3. The minimum absolute atomic E-state index is 0.118. The Morgan fingerprint density at radius 1 is 1.30 bits per heavy atom. The number of benzene rings is 2. The summed E-state index contributed by atoms with van der Waals surface area (Å²) >= 11 is 0. The zero-order valence-electron chi connectivity index (χ0n) is 12.3. The molecule has 0 aliphatic heterocycles. The average Bonchev–Trinajstić information content (AvgIpc) is 2.56. The number of nitro benzene ring substituents is 1. The van der Waals surface area contributed by atoms with Gasteiger partial charge < -0.3 is 10.1 Å². The minimum Gasteiger partial charge on any atom is -0.487 e. The van der Waals surface area contributed by atoms with E-state index in [9.17, 15) is 14.9 Å². The minimum atomic E-state index is -0.594. The number of nitriles is 1. The third-order valence-corrected chi connectivity index (χ3v) is 2.99. The van der Waals surface area contributed by atoms with Crippen molar-refractivity contribution in [2.45, 2.75) is 6.92 Å². The number of carbonyl (C=O) groups excluding carboxylic acids is 1. The molecule has 23 heavy (non-hydrogen) atoms. The maximum atomic E-state index is 12.2. The van der Waals surface area contributed by atoms with E-state index in [0.717, 1.165) is 0 Å². The summed E-state index contributed by atoms with van der Waals surface area (Å²) in [4.78, 5) is 22.6. The predicted octanol–water partition coefficient (Wildman–Crippen LogP) is 3.12. The molecule has 0 radical (unpaired) electrons. The van der Waals surface area contributed by atoms with E-state index in [1.165, 1.54) is 18.2 Å². The molecule has 1 N–H and O–H groups in total. The van der Waals surface area contributed by atoms with Crippen LogP contribution in [0.5, 0.6) is 5.75 Å². The van der Waals surface area contributed by atoms with Gasteiger partial charge in [-0.3, -0.25) is 14.9 Å². The molecule has 0 aromatic heterocycles. The molecule has 2 rings (SSSR count). The molecule has 0 saturated carbocycles. The van der Waals surface area contributed by atoms with Crippen LogP contribution in [0.4, 0.5) is 11.4 Å². The Hall–Kier alpha value is -3.40. The van der Waals surface area contributed by atoms with Crippen molar-refractivity contribution < 1.29 is 14.5 Å². The summed E-state index contributed by atoms with van der Waals surface area (Å²) in [5.74, 6) is -0.367. The Bertz CT molecular complexity index is 779. The highest BCUT2D eigenvalue weighted by atomic mass is 16.6. The second kappa shape index (κ2) is 7.04. The highest BCUT2D eigenvalue weighted by Crippen LogP contribution is 2.28. The smallest absolute Gasteiger partial charge is 0.311 e. The Kier molecular flexibility index (Phi) is 4.89. The van der Waals surface area contributed by atoms with E-state index in [0.29, 0.717) is 11.3 Å². The van der Waals surface area contributed by atoms with Gasteiger partial charge in [-0.2, -0.15) is 5.26 Å². The zero-order chi connectivity index (χ0) is 16.8. The van der Waals surface area contributed by atoms with Gasteiger partial charge in [-0.25, -0.2) is 0 Å². The first-order valence-corrected chi connectivity index (χ1v) is 6.78. The van der Waals surface area contributed by atoms with Gasteiger partial charge in [-0.15, -0.1) is 0 Å². The summed E-state index contributed by atoms with van der Waals surface area (Å²) in [6.45, 7) is 2.01. The van der Waals surface area contributed by atoms with Gasteiger partial charge in [0.05, 0.1) is 23.2 Å². The van der Waals surface area contributed by atoms with Crippen molar-refractivity contribution in [3.05, 3.63) is 63.7 Å². The number of hydrogen-bond donors (Lipinski definition) is 1. The predicted molar refractivity (Wildman–Crippen MR) is 83.4 cm³/mol. The fraction of sp³-hybridized carbons (Fsp3) is 0.125. The molecular formula is C16H13N3O4. The third kappa shape index (κ3) is 3.83. The average molecular weight is 311 g/mol. The number of amides is 1. The second-order valence-corrected chi connectivity index (χ2v) is 4.52. The van der Waals surface area contributed by atoms with Gasteiger partial charge in [0.1, 0.15) is 0 Å². The first kappa shape index (κ1) is 16.0. The molecule has 0 fully saturated rings. The van der Waals surface area contributed by atoms with Crippen LogP contribution in [-0.2, 0) is 0 Å². The topological polar surface area (TPSA) is 105 Å². The van der Waals surface area contributed by atoms with E-state index in [4.69, 9.17) is 10.00 Å². The molecule has 7 nitrogen and oxygen atoms in total. The van der Waals surface area contributed by atoms with Crippen LogP contribution in [0.15, 0.2) is 42.5 Å². The largest absolute Gasteiger partial charge is 0.487 e. The maximum Gasteiger partial charge on any atom is 0.311 e. The molecular weight excluding hydrogens is 298 g/mol. The van der Waals surface area contributed by atoms with Gasteiger partial charge in [0.15, 0.2) is 5.75 Å². The molecule has 0 bridgehead atoms. The van der Waals surface area contributed by atoms with Crippen molar-refractivity contribution in [1.29, 1.82) is 5.26 Å². The van der Waals surface area contributed by atoms with Gasteiger partial charge in [0.2, 0.25) is 0 Å². The summed E-state index contributed by atoms with van der Waals surface area (Å²) in [7, 11) is 0. The highest BCUT2D eigenvalue weighted by Gasteiger charge is 2.18. The van der Waals surface area contributed by atoms with Crippen molar-refractivity contribution >= 4 is 17.3 Å². The first-order chi connectivity index (χ1) is 11.0. The van der Waals surface area contributed by atoms with E-state index in [1.807, 2.05) is 6.07 Å². The van der Waals surface area contributed by atoms with Crippen LogP contribution in [0.3, 0.4) is 0 Å². The van der Waals surface area contributed by atoms with Crippen molar-refractivity contribution in [2.75, 3.05) is 11.9 Å². The Morgan fingerprint density at radius 2 is 2.00 bits per heavy atom. The van der Waals surface area contributed by atoms with Crippen LogP contribution in [0.25, 0.3) is 0 Å². The number of nitrogens with one attached hydrogen (secondary N) is 1. The summed E-state index contributed by atoms with van der Waals surface area (Å²) < 4.78 is 5.17. The summed E-state index contributed by atoms with van der Waals surface area (Å²) in [5, 5.41) is 22.4. The molecule has 0 atom stereocenters. The van der Waals surface area contributed by atoms with E-state index < -0.39 is 10.8 Å². The molecule has 116 valence electrons. The lowest BCUT2D eigenvalue weighted by atomic mass is 10.1. The molecule has 2 aromatic rings. The van der Waals surface area contributed by atoms with Crippen LogP contribution >= 0.6 is 0 Å². The first-order valence-electron chi connectivity index (χ1n) is 6.78. The Balaban J connectivity index is 2.23. The number of rotatable bonds is 5. The number of anilines is 1. The van der Waals surface area contributed by atoms with Crippen LogP contribution < -0.4 is 10.1 Å². The highest BCUT2D eigenvalue weighted by molar-refractivity contribution is 6.04. The molecule has 7 heteroatoms. The fourth-order valence-electron chi connectivity index (χ4n) is 1.91. The van der Waals surface area contributed by atoms with Gasteiger partial charge in [0, 0.05) is 17.3 Å². The van der Waals surface area contributed by atoms with E-state index in [1.54, 1.807) is 31.2 Å².